The summed E-state index contributed by atoms with van der Waals surface area (Å²) in [5, 5.41) is 11.3. The van der Waals surface area contributed by atoms with Gasteiger partial charge in [-0.3, -0.25) is 9.59 Å². The van der Waals surface area contributed by atoms with Gasteiger partial charge in [0.1, 0.15) is 6.04 Å². The van der Waals surface area contributed by atoms with E-state index >= 15 is 0 Å². The first-order valence-corrected chi connectivity index (χ1v) is 7.00. The first kappa shape index (κ1) is 16.3. The summed E-state index contributed by atoms with van der Waals surface area (Å²) in [6, 6.07) is -0.692. The number of carbonyl (C=O) groups is 3. The van der Waals surface area contributed by atoms with E-state index in [4.69, 9.17) is 5.11 Å². The van der Waals surface area contributed by atoms with Crippen LogP contribution in [-0.4, -0.2) is 65.5 Å². The molecule has 1 saturated heterocycles. The molecule has 0 aromatic rings. The van der Waals surface area contributed by atoms with Crippen LogP contribution in [0, 0.1) is 0 Å². The van der Waals surface area contributed by atoms with E-state index in [0.29, 0.717) is 19.5 Å². The van der Waals surface area contributed by atoms with Crippen LogP contribution in [0.2, 0.25) is 0 Å². The molecule has 1 atom stereocenters. The second-order valence-electron chi connectivity index (χ2n) is 4.83. The highest BCUT2D eigenvalue weighted by molar-refractivity contribution is 5.87. The SMILES string of the molecule is CCN(CCC(=O)O)C(=O)N1CCCCC1C(=O)NC. The average molecular weight is 285 g/mol. The number of amides is 3. The van der Waals surface area contributed by atoms with Gasteiger partial charge in [0.05, 0.1) is 6.42 Å². The number of aliphatic carboxylic acids is 1. The zero-order valence-corrected chi connectivity index (χ0v) is 12.1. The summed E-state index contributed by atoms with van der Waals surface area (Å²) in [5.74, 6) is -1.09. The highest BCUT2D eigenvalue weighted by Crippen LogP contribution is 2.19. The number of piperidine rings is 1. The Labute approximate surface area is 118 Å². The molecule has 2 N–H and O–H groups in total. The zero-order valence-electron chi connectivity index (χ0n) is 12.1. The van der Waals surface area contributed by atoms with Crippen LogP contribution < -0.4 is 5.32 Å². The van der Waals surface area contributed by atoms with Gasteiger partial charge in [0.25, 0.3) is 0 Å². The smallest absolute Gasteiger partial charge is 0.320 e. The third-order valence-electron chi connectivity index (χ3n) is 3.55. The Bertz CT molecular complexity index is 373. The van der Waals surface area contributed by atoms with Gasteiger partial charge in [-0.15, -0.1) is 0 Å². The van der Waals surface area contributed by atoms with Crippen LogP contribution in [0.1, 0.15) is 32.6 Å². The van der Waals surface area contributed by atoms with Crippen molar-refractivity contribution in [2.45, 2.75) is 38.6 Å². The largest absolute Gasteiger partial charge is 0.481 e. The van der Waals surface area contributed by atoms with Crippen LogP contribution in [0.5, 0.6) is 0 Å². The third kappa shape index (κ3) is 4.11. The molecule has 0 radical (unpaired) electrons. The Balaban J connectivity index is 2.74. The maximum absolute atomic E-state index is 12.5. The number of carboxylic acid groups (broad SMARTS) is 1. The van der Waals surface area contributed by atoms with Crippen molar-refractivity contribution in [1.29, 1.82) is 0 Å². The summed E-state index contributed by atoms with van der Waals surface area (Å²) >= 11 is 0. The fraction of sp³-hybridized carbons (Fsp3) is 0.769. The summed E-state index contributed by atoms with van der Waals surface area (Å²) in [7, 11) is 1.56. The van der Waals surface area contributed by atoms with E-state index in [1.165, 1.54) is 4.90 Å². The number of urea groups is 1. The molecule has 7 nitrogen and oxygen atoms in total. The van der Waals surface area contributed by atoms with Gasteiger partial charge in [-0.2, -0.15) is 0 Å². The van der Waals surface area contributed by atoms with Gasteiger partial charge in [-0.1, -0.05) is 0 Å². The van der Waals surface area contributed by atoms with Crippen molar-refractivity contribution in [2.75, 3.05) is 26.7 Å². The molecule has 114 valence electrons. The van der Waals surface area contributed by atoms with Crippen LogP contribution in [0.25, 0.3) is 0 Å². The van der Waals surface area contributed by atoms with E-state index in [0.717, 1.165) is 12.8 Å². The molecule has 0 aromatic heterocycles. The van der Waals surface area contributed by atoms with Crippen molar-refractivity contribution in [3.05, 3.63) is 0 Å². The van der Waals surface area contributed by atoms with Crippen LogP contribution in [0.3, 0.4) is 0 Å². The quantitative estimate of drug-likeness (QED) is 0.770. The van der Waals surface area contributed by atoms with Gasteiger partial charge in [-0.25, -0.2) is 4.79 Å². The lowest BCUT2D eigenvalue weighted by molar-refractivity contribution is -0.137. The number of hydrogen-bond donors (Lipinski definition) is 2. The summed E-state index contributed by atoms with van der Waals surface area (Å²) in [6.45, 7) is 2.95. The fourth-order valence-electron chi connectivity index (χ4n) is 2.40. The minimum absolute atomic E-state index is 0.0853. The van der Waals surface area contributed by atoms with Crippen LogP contribution >= 0.6 is 0 Å². The number of nitrogens with one attached hydrogen (secondary N) is 1. The Morgan fingerprint density at radius 3 is 2.60 bits per heavy atom. The Morgan fingerprint density at radius 1 is 1.35 bits per heavy atom. The topological polar surface area (TPSA) is 90.0 Å². The summed E-state index contributed by atoms with van der Waals surface area (Å²) < 4.78 is 0. The standard InChI is InChI=1S/C13H23N3O4/c1-3-15(9-7-11(17)18)13(20)16-8-5-4-6-10(16)12(19)14-2/h10H,3-9H2,1-2H3,(H,14,19)(H,17,18). The first-order valence-electron chi connectivity index (χ1n) is 7.00. The molecule has 3 amide bonds. The number of likely N-dealkylation sites (tertiary alicyclic amines) is 1. The lowest BCUT2D eigenvalue weighted by atomic mass is 10.0. The number of nitrogens with zero attached hydrogens (tertiary/aromatic N) is 2. The van der Waals surface area contributed by atoms with E-state index in [1.807, 2.05) is 0 Å². The van der Waals surface area contributed by atoms with Crippen LogP contribution in [-0.2, 0) is 9.59 Å². The average Bonchev–Trinajstić information content (AvgIpc) is 2.46. The molecule has 1 aliphatic rings. The summed E-state index contributed by atoms with van der Waals surface area (Å²) in [6.07, 6.45) is 2.36. The summed E-state index contributed by atoms with van der Waals surface area (Å²) in [5.41, 5.74) is 0. The monoisotopic (exact) mass is 285 g/mol. The lowest BCUT2D eigenvalue weighted by Gasteiger charge is -2.37. The minimum atomic E-state index is -0.933. The second kappa shape index (κ2) is 7.72. The molecule has 0 bridgehead atoms. The number of carbonyl (C=O) groups excluding carboxylic acids is 2. The van der Waals surface area contributed by atoms with Crippen molar-refractivity contribution >= 4 is 17.9 Å². The first-order chi connectivity index (χ1) is 9.51. The van der Waals surface area contributed by atoms with Gasteiger partial charge in [0.15, 0.2) is 0 Å². The molecule has 1 fully saturated rings. The van der Waals surface area contributed by atoms with E-state index in [2.05, 4.69) is 5.32 Å². The molecular formula is C13H23N3O4. The fourth-order valence-corrected chi connectivity index (χ4v) is 2.40. The molecule has 1 heterocycles. The molecule has 0 aliphatic carbocycles. The van der Waals surface area contributed by atoms with Crippen molar-refractivity contribution in [2.24, 2.45) is 0 Å². The highest BCUT2D eigenvalue weighted by atomic mass is 16.4. The molecule has 1 rings (SSSR count). The van der Waals surface area contributed by atoms with Crippen molar-refractivity contribution in [3.8, 4) is 0 Å². The lowest BCUT2D eigenvalue weighted by Crippen LogP contribution is -2.55. The second-order valence-corrected chi connectivity index (χ2v) is 4.83. The summed E-state index contributed by atoms with van der Waals surface area (Å²) in [4.78, 5) is 38.0. The van der Waals surface area contributed by atoms with E-state index in [1.54, 1.807) is 18.9 Å². The third-order valence-corrected chi connectivity index (χ3v) is 3.55. The molecule has 1 aliphatic heterocycles. The molecule has 1 unspecified atom stereocenters. The molecular weight excluding hydrogens is 262 g/mol. The maximum Gasteiger partial charge on any atom is 0.320 e. The predicted molar refractivity (Wildman–Crippen MR) is 73.3 cm³/mol. The number of hydrogen-bond acceptors (Lipinski definition) is 3. The molecule has 7 heteroatoms. The normalized spacial score (nSPS) is 18.5. The molecule has 0 saturated carbocycles. The van der Waals surface area contributed by atoms with E-state index in [9.17, 15) is 14.4 Å². The zero-order chi connectivity index (χ0) is 15.1. The molecule has 20 heavy (non-hydrogen) atoms. The predicted octanol–water partition coefficient (Wildman–Crippen LogP) is 0.504. The van der Waals surface area contributed by atoms with Crippen molar-refractivity contribution < 1.29 is 19.5 Å². The molecule has 0 aromatic carbocycles. The van der Waals surface area contributed by atoms with Crippen molar-refractivity contribution in [1.82, 2.24) is 15.1 Å². The number of rotatable bonds is 5. The van der Waals surface area contributed by atoms with Gasteiger partial charge in [0.2, 0.25) is 5.91 Å². The van der Waals surface area contributed by atoms with Gasteiger partial charge in [-0.05, 0) is 26.2 Å². The number of likely N-dealkylation sites (N-methyl/N-ethyl adjacent to an activating group) is 1. The maximum atomic E-state index is 12.5. The van der Waals surface area contributed by atoms with Gasteiger partial charge >= 0.3 is 12.0 Å². The Morgan fingerprint density at radius 2 is 2.05 bits per heavy atom. The van der Waals surface area contributed by atoms with E-state index < -0.39 is 12.0 Å². The number of carboxylic acids is 1. The van der Waals surface area contributed by atoms with Crippen molar-refractivity contribution in [3.63, 3.8) is 0 Å². The van der Waals surface area contributed by atoms with Gasteiger partial charge in [0, 0.05) is 26.7 Å². The van der Waals surface area contributed by atoms with Crippen LogP contribution in [0.15, 0.2) is 0 Å². The minimum Gasteiger partial charge on any atom is -0.481 e. The molecule has 0 spiro atoms. The highest BCUT2D eigenvalue weighted by Gasteiger charge is 2.33. The van der Waals surface area contributed by atoms with E-state index in [-0.39, 0.29) is 24.9 Å². The Hall–Kier alpha value is -1.79. The Kier molecular flexibility index (Phi) is 6.27. The van der Waals surface area contributed by atoms with Gasteiger partial charge < -0.3 is 20.2 Å². The van der Waals surface area contributed by atoms with Crippen LogP contribution in [0.4, 0.5) is 4.79 Å².